The Morgan fingerprint density at radius 2 is 2.00 bits per heavy atom. The molecule has 28 heavy (non-hydrogen) atoms. The summed E-state index contributed by atoms with van der Waals surface area (Å²) in [5, 5.41) is 1.65. The summed E-state index contributed by atoms with van der Waals surface area (Å²) in [4.78, 5) is 20.7. The number of amides is 1. The zero-order valence-electron chi connectivity index (χ0n) is 15.5. The lowest BCUT2D eigenvalue weighted by atomic mass is 10.1. The van der Waals surface area contributed by atoms with Crippen molar-refractivity contribution >= 4 is 28.4 Å². The first-order chi connectivity index (χ1) is 13.7. The number of H-pyrrole nitrogens is 1. The number of carbonyl (C=O) groups excluding carboxylic acids is 1. The lowest BCUT2D eigenvalue weighted by Crippen LogP contribution is -2.50. The number of nitrogens with one attached hydrogen (secondary N) is 1. The summed E-state index contributed by atoms with van der Waals surface area (Å²) in [6, 6.07) is 18.2. The summed E-state index contributed by atoms with van der Waals surface area (Å²) in [5.41, 5.74) is 2.78. The van der Waals surface area contributed by atoms with Gasteiger partial charge in [0.2, 0.25) is 0 Å². The summed E-state index contributed by atoms with van der Waals surface area (Å²) < 4.78 is 6.00. The van der Waals surface area contributed by atoms with Gasteiger partial charge in [0.05, 0.1) is 18.8 Å². The predicted molar refractivity (Wildman–Crippen MR) is 110 cm³/mol. The Kier molecular flexibility index (Phi) is 4.59. The van der Waals surface area contributed by atoms with Crippen molar-refractivity contribution in [3.8, 4) is 0 Å². The van der Waals surface area contributed by atoms with E-state index in [2.05, 4.69) is 34.1 Å². The molecule has 2 unspecified atom stereocenters. The van der Waals surface area contributed by atoms with Gasteiger partial charge in [0, 0.05) is 42.1 Å². The van der Waals surface area contributed by atoms with Crippen LogP contribution < -0.4 is 0 Å². The van der Waals surface area contributed by atoms with E-state index >= 15 is 0 Å². The number of likely N-dealkylation sites (tertiary alicyclic amines) is 1. The summed E-state index contributed by atoms with van der Waals surface area (Å²) in [6.45, 7) is 3.81. The summed E-state index contributed by atoms with van der Waals surface area (Å²) in [6.07, 6.45) is 0.0697. The molecule has 3 heterocycles. The van der Waals surface area contributed by atoms with Crippen molar-refractivity contribution in [3.63, 3.8) is 0 Å². The molecule has 5 rings (SSSR count). The van der Waals surface area contributed by atoms with Gasteiger partial charge in [0.25, 0.3) is 5.91 Å². The number of aromatic amines is 1. The molecule has 0 saturated carbocycles. The zero-order chi connectivity index (χ0) is 19.1. The second-order valence-corrected chi connectivity index (χ2v) is 7.99. The molecule has 6 heteroatoms. The van der Waals surface area contributed by atoms with Crippen LogP contribution >= 0.6 is 11.6 Å². The Balaban J connectivity index is 1.33. The average molecular weight is 396 g/mol. The molecule has 0 spiro atoms. The van der Waals surface area contributed by atoms with Crippen LogP contribution in [0.5, 0.6) is 0 Å². The van der Waals surface area contributed by atoms with Crippen LogP contribution in [0.2, 0.25) is 5.02 Å². The highest BCUT2D eigenvalue weighted by molar-refractivity contribution is 6.31. The Bertz CT molecular complexity index is 1000. The van der Waals surface area contributed by atoms with Crippen molar-refractivity contribution in [3.05, 3.63) is 70.9 Å². The fraction of sp³-hybridized carbons (Fsp3) is 0.318. The number of nitrogens with zero attached hydrogens (tertiary/aromatic N) is 2. The maximum Gasteiger partial charge on any atom is 0.270 e. The van der Waals surface area contributed by atoms with Crippen molar-refractivity contribution in [2.24, 2.45) is 0 Å². The fourth-order valence-corrected chi connectivity index (χ4v) is 4.50. The number of aromatic nitrogens is 1. The van der Waals surface area contributed by atoms with Crippen molar-refractivity contribution in [2.45, 2.75) is 18.7 Å². The second kappa shape index (κ2) is 7.24. The maximum atomic E-state index is 13.1. The van der Waals surface area contributed by atoms with Crippen molar-refractivity contribution < 1.29 is 9.53 Å². The number of hydrogen-bond donors (Lipinski definition) is 1. The number of carbonyl (C=O) groups is 1. The van der Waals surface area contributed by atoms with Gasteiger partial charge in [0.15, 0.2) is 0 Å². The number of ether oxygens (including phenoxy) is 1. The first-order valence-electron chi connectivity index (χ1n) is 9.64. The average Bonchev–Trinajstić information content (AvgIpc) is 3.32. The van der Waals surface area contributed by atoms with E-state index in [9.17, 15) is 4.79 Å². The van der Waals surface area contributed by atoms with E-state index < -0.39 is 0 Å². The molecule has 1 N–H and O–H groups in total. The molecule has 2 fully saturated rings. The minimum Gasteiger partial charge on any atom is -0.373 e. The number of rotatable bonds is 3. The van der Waals surface area contributed by atoms with Crippen molar-refractivity contribution in [1.82, 2.24) is 14.8 Å². The van der Waals surface area contributed by atoms with Crippen molar-refractivity contribution in [2.75, 3.05) is 26.2 Å². The van der Waals surface area contributed by atoms with Gasteiger partial charge in [-0.3, -0.25) is 9.69 Å². The highest BCUT2D eigenvalue weighted by Crippen LogP contribution is 2.27. The van der Waals surface area contributed by atoms with E-state index in [-0.39, 0.29) is 18.1 Å². The first-order valence-corrected chi connectivity index (χ1v) is 10.0. The number of morpholine rings is 1. The Labute approximate surface area is 168 Å². The Hall–Kier alpha value is -2.34. The standard InChI is InChI=1S/C22H22ClN3O2/c23-17-7-6-16-10-19(24-18(16)11-17)22(27)26-13-20-21(14-26)28-9-8-25(20)12-15-4-2-1-3-5-15/h1-7,10-11,20-21,24H,8-9,12-14H2. The molecule has 0 aliphatic carbocycles. The third-order valence-electron chi connectivity index (χ3n) is 5.75. The van der Waals surface area contributed by atoms with Crippen LogP contribution in [0.4, 0.5) is 0 Å². The molecule has 1 aromatic heterocycles. The van der Waals surface area contributed by atoms with Gasteiger partial charge >= 0.3 is 0 Å². The van der Waals surface area contributed by atoms with Crippen LogP contribution in [-0.4, -0.2) is 59.1 Å². The third kappa shape index (κ3) is 3.30. The Morgan fingerprint density at radius 3 is 2.86 bits per heavy atom. The molecular formula is C22H22ClN3O2. The summed E-state index contributed by atoms with van der Waals surface area (Å²) in [7, 11) is 0. The SMILES string of the molecule is O=C(c1cc2ccc(Cl)cc2[nH]1)N1CC2OCCN(Cc3ccccc3)C2C1. The van der Waals surface area contributed by atoms with E-state index in [1.165, 1.54) is 5.56 Å². The molecule has 2 saturated heterocycles. The summed E-state index contributed by atoms with van der Waals surface area (Å²) >= 11 is 6.06. The number of benzene rings is 2. The van der Waals surface area contributed by atoms with Crippen molar-refractivity contribution in [1.29, 1.82) is 0 Å². The molecule has 2 aliphatic rings. The quantitative estimate of drug-likeness (QED) is 0.737. The zero-order valence-corrected chi connectivity index (χ0v) is 16.2. The van der Waals surface area contributed by atoms with Crippen LogP contribution in [-0.2, 0) is 11.3 Å². The highest BCUT2D eigenvalue weighted by Gasteiger charge is 2.42. The molecule has 3 aromatic rings. The van der Waals surface area contributed by atoms with Crippen LogP contribution in [0.1, 0.15) is 16.1 Å². The van der Waals surface area contributed by atoms with Gasteiger partial charge in [-0.25, -0.2) is 0 Å². The maximum absolute atomic E-state index is 13.1. The normalized spacial score (nSPS) is 22.5. The van der Waals surface area contributed by atoms with Crippen LogP contribution in [0.15, 0.2) is 54.6 Å². The van der Waals surface area contributed by atoms with Gasteiger partial charge in [-0.2, -0.15) is 0 Å². The van der Waals surface area contributed by atoms with Crippen LogP contribution in [0.3, 0.4) is 0 Å². The fourth-order valence-electron chi connectivity index (χ4n) is 4.32. The minimum absolute atomic E-state index is 0.0185. The van der Waals surface area contributed by atoms with E-state index in [0.717, 1.165) is 24.0 Å². The lowest BCUT2D eigenvalue weighted by Gasteiger charge is -2.36. The number of halogens is 1. The molecule has 2 aliphatic heterocycles. The lowest BCUT2D eigenvalue weighted by molar-refractivity contribution is -0.0503. The number of hydrogen-bond acceptors (Lipinski definition) is 3. The van der Waals surface area contributed by atoms with E-state index in [1.807, 2.05) is 35.2 Å². The highest BCUT2D eigenvalue weighted by atomic mass is 35.5. The molecular weight excluding hydrogens is 374 g/mol. The Morgan fingerprint density at radius 1 is 1.14 bits per heavy atom. The smallest absolute Gasteiger partial charge is 0.270 e. The van der Waals surface area contributed by atoms with Crippen LogP contribution in [0.25, 0.3) is 10.9 Å². The van der Waals surface area contributed by atoms with E-state index in [4.69, 9.17) is 16.3 Å². The summed E-state index contributed by atoms with van der Waals surface area (Å²) in [5.74, 6) is 0.0185. The van der Waals surface area contributed by atoms with Gasteiger partial charge < -0.3 is 14.6 Å². The van der Waals surface area contributed by atoms with Gasteiger partial charge in [-0.15, -0.1) is 0 Å². The van der Waals surface area contributed by atoms with E-state index in [0.29, 0.717) is 30.4 Å². The topological polar surface area (TPSA) is 48.6 Å². The van der Waals surface area contributed by atoms with E-state index in [1.54, 1.807) is 0 Å². The van der Waals surface area contributed by atoms with Gasteiger partial charge in [0.1, 0.15) is 5.69 Å². The van der Waals surface area contributed by atoms with Gasteiger partial charge in [-0.1, -0.05) is 48.0 Å². The largest absolute Gasteiger partial charge is 0.373 e. The first kappa shape index (κ1) is 17.7. The molecule has 144 valence electrons. The monoisotopic (exact) mass is 395 g/mol. The molecule has 0 radical (unpaired) electrons. The molecule has 1 amide bonds. The molecule has 5 nitrogen and oxygen atoms in total. The van der Waals surface area contributed by atoms with Gasteiger partial charge in [-0.05, 0) is 23.8 Å². The molecule has 0 bridgehead atoms. The second-order valence-electron chi connectivity index (χ2n) is 7.56. The molecule has 2 atom stereocenters. The van der Waals surface area contributed by atoms with Crippen LogP contribution in [0, 0.1) is 0 Å². The molecule has 2 aromatic carbocycles. The predicted octanol–water partition coefficient (Wildman–Crippen LogP) is 3.55. The minimum atomic E-state index is 0.0185. The third-order valence-corrected chi connectivity index (χ3v) is 5.98. The number of fused-ring (bicyclic) bond motifs is 2.